The fourth-order valence-corrected chi connectivity index (χ4v) is 5.80. The van der Waals surface area contributed by atoms with Crippen molar-refractivity contribution in [3.63, 3.8) is 0 Å². The van der Waals surface area contributed by atoms with Crippen LogP contribution in [-0.4, -0.2) is 15.6 Å². The van der Waals surface area contributed by atoms with Crippen LogP contribution < -0.4 is 5.32 Å². The van der Waals surface area contributed by atoms with Gasteiger partial charge >= 0.3 is 0 Å². The Kier molecular flexibility index (Phi) is 5.30. The Hall–Kier alpha value is -3.37. The summed E-state index contributed by atoms with van der Waals surface area (Å²) in [6.45, 7) is 4.34. The van der Waals surface area contributed by atoms with Crippen LogP contribution >= 0.6 is 11.6 Å². The quantitative estimate of drug-likeness (QED) is 0.422. The molecule has 3 aliphatic rings. The van der Waals surface area contributed by atoms with Crippen LogP contribution in [0, 0.1) is 5.41 Å². The first kappa shape index (κ1) is 22.1. The summed E-state index contributed by atoms with van der Waals surface area (Å²) in [5.74, 6) is 0.970. The molecule has 2 heterocycles. The summed E-state index contributed by atoms with van der Waals surface area (Å²) in [6, 6.07) is 18.2. The summed E-state index contributed by atoms with van der Waals surface area (Å²) < 4.78 is 2.02. The molecule has 0 saturated heterocycles. The van der Waals surface area contributed by atoms with Crippen molar-refractivity contribution >= 4 is 28.8 Å². The molecule has 0 fully saturated rings. The minimum absolute atomic E-state index is 0.0952. The fourth-order valence-electron chi connectivity index (χ4n) is 5.67. The van der Waals surface area contributed by atoms with E-state index in [-0.39, 0.29) is 17.1 Å². The van der Waals surface area contributed by atoms with Crippen LogP contribution in [0.3, 0.4) is 0 Å². The first-order chi connectivity index (χ1) is 16.9. The van der Waals surface area contributed by atoms with E-state index in [0.29, 0.717) is 11.4 Å². The third-order valence-corrected chi connectivity index (χ3v) is 7.46. The van der Waals surface area contributed by atoms with Crippen LogP contribution in [0.5, 0.6) is 0 Å². The van der Waals surface area contributed by atoms with Gasteiger partial charge in [-0.1, -0.05) is 74.0 Å². The SMILES string of the molecule is CC1(C)CC(=O)C2=C(C1)Nc1c(c(C3=CC=CCC3)nn1-c1ccccc1)C2c1ccc(Cl)cc1. The molecule has 3 aromatic rings. The number of halogens is 1. The largest absolute Gasteiger partial charge is 0.343 e. The number of ketones is 1. The van der Waals surface area contributed by atoms with Gasteiger partial charge in [-0.2, -0.15) is 5.10 Å². The maximum Gasteiger partial charge on any atom is 0.162 e. The molecule has 0 radical (unpaired) electrons. The number of anilines is 1. The van der Waals surface area contributed by atoms with Gasteiger partial charge in [-0.05, 0) is 60.1 Å². The minimum atomic E-state index is -0.193. The molecule has 1 N–H and O–H groups in total. The van der Waals surface area contributed by atoms with E-state index in [2.05, 4.69) is 61.7 Å². The van der Waals surface area contributed by atoms with Crippen molar-refractivity contribution in [2.45, 2.75) is 45.4 Å². The molecule has 0 amide bonds. The highest BCUT2D eigenvalue weighted by Crippen LogP contribution is 2.51. The first-order valence-corrected chi connectivity index (χ1v) is 12.6. The number of allylic oxidation sites excluding steroid dienone is 6. The molecule has 2 aliphatic carbocycles. The number of aromatic nitrogens is 2. The monoisotopic (exact) mass is 481 g/mol. The lowest BCUT2D eigenvalue weighted by Gasteiger charge is -2.39. The maximum absolute atomic E-state index is 13.7. The highest BCUT2D eigenvalue weighted by Gasteiger charge is 2.43. The number of nitrogens with zero attached hydrogens (tertiary/aromatic N) is 2. The molecule has 1 aliphatic heterocycles. The summed E-state index contributed by atoms with van der Waals surface area (Å²) in [4.78, 5) is 13.7. The Labute approximate surface area is 211 Å². The van der Waals surface area contributed by atoms with Crippen LogP contribution in [0.15, 0.2) is 84.1 Å². The van der Waals surface area contributed by atoms with Gasteiger partial charge in [0, 0.05) is 34.2 Å². The van der Waals surface area contributed by atoms with E-state index < -0.39 is 0 Å². The predicted molar refractivity (Wildman–Crippen MR) is 142 cm³/mol. The Morgan fingerprint density at radius 1 is 1.06 bits per heavy atom. The maximum atomic E-state index is 13.7. The van der Waals surface area contributed by atoms with Crippen molar-refractivity contribution in [2.75, 3.05) is 5.32 Å². The molecule has 35 heavy (non-hydrogen) atoms. The summed E-state index contributed by atoms with van der Waals surface area (Å²) in [6.07, 6.45) is 9.73. The Balaban J connectivity index is 1.65. The predicted octanol–water partition coefficient (Wildman–Crippen LogP) is 7.46. The zero-order valence-corrected chi connectivity index (χ0v) is 20.8. The van der Waals surface area contributed by atoms with Crippen molar-refractivity contribution in [1.29, 1.82) is 0 Å². The van der Waals surface area contributed by atoms with Crippen molar-refractivity contribution in [1.82, 2.24) is 9.78 Å². The molecule has 6 rings (SSSR count). The average molecular weight is 482 g/mol. The highest BCUT2D eigenvalue weighted by molar-refractivity contribution is 6.30. The second-order valence-electron chi connectivity index (χ2n) is 10.5. The Morgan fingerprint density at radius 3 is 2.54 bits per heavy atom. The van der Waals surface area contributed by atoms with Crippen LogP contribution in [0.2, 0.25) is 5.02 Å². The van der Waals surface area contributed by atoms with Gasteiger partial charge in [0.05, 0.1) is 11.4 Å². The Morgan fingerprint density at radius 2 is 1.83 bits per heavy atom. The number of fused-ring (bicyclic) bond motifs is 1. The van der Waals surface area contributed by atoms with E-state index in [9.17, 15) is 4.79 Å². The number of nitrogens with one attached hydrogen (secondary N) is 1. The van der Waals surface area contributed by atoms with Crippen LogP contribution in [0.4, 0.5) is 5.82 Å². The lowest BCUT2D eigenvalue weighted by Crippen LogP contribution is -2.34. The van der Waals surface area contributed by atoms with E-state index in [1.807, 2.05) is 35.0 Å². The molecule has 0 saturated carbocycles. The van der Waals surface area contributed by atoms with Gasteiger partial charge in [-0.3, -0.25) is 4.79 Å². The van der Waals surface area contributed by atoms with Crippen LogP contribution in [0.25, 0.3) is 11.3 Å². The van der Waals surface area contributed by atoms with Crippen LogP contribution in [0.1, 0.15) is 62.3 Å². The van der Waals surface area contributed by atoms with Gasteiger partial charge in [0.25, 0.3) is 0 Å². The number of para-hydroxylation sites is 1. The normalized spacial score (nSPS) is 20.7. The second kappa shape index (κ2) is 8.39. The second-order valence-corrected chi connectivity index (χ2v) is 10.9. The molecule has 0 bridgehead atoms. The average Bonchev–Trinajstić information content (AvgIpc) is 3.23. The molecule has 176 valence electrons. The Bertz CT molecular complexity index is 1410. The van der Waals surface area contributed by atoms with Gasteiger partial charge in [-0.15, -0.1) is 0 Å². The van der Waals surface area contributed by atoms with Crippen molar-refractivity contribution in [3.8, 4) is 5.69 Å². The molecule has 5 heteroatoms. The number of hydrogen-bond acceptors (Lipinski definition) is 3. The summed E-state index contributed by atoms with van der Waals surface area (Å²) >= 11 is 6.27. The summed E-state index contributed by atoms with van der Waals surface area (Å²) in [5, 5.41) is 9.59. The van der Waals surface area contributed by atoms with E-state index in [0.717, 1.165) is 58.9 Å². The molecular weight excluding hydrogens is 454 g/mol. The van der Waals surface area contributed by atoms with E-state index in [1.54, 1.807) is 0 Å². The van der Waals surface area contributed by atoms with Crippen molar-refractivity contribution in [3.05, 3.63) is 106 Å². The highest BCUT2D eigenvalue weighted by atomic mass is 35.5. The molecule has 0 spiro atoms. The standard InChI is InChI=1S/C30H28ClN3O/c1-30(2)17-23-26(24(35)18-30)25(19-13-15-21(31)16-14-19)27-28(20-9-5-3-6-10-20)33-34(29(27)32-23)22-11-7-4-8-12-22/h3-5,7-9,11-16,25,32H,6,10,17-18H2,1-2H3. The number of carbonyl (C=O) groups excluding carboxylic acids is 1. The van der Waals surface area contributed by atoms with E-state index >= 15 is 0 Å². The zero-order valence-electron chi connectivity index (χ0n) is 20.0. The molecule has 4 nitrogen and oxygen atoms in total. The molecule has 1 aromatic heterocycles. The lowest BCUT2D eigenvalue weighted by atomic mass is 9.68. The summed E-state index contributed by atoms with van der Waals surface area (Å²) in [5.41, 5.74) is 7.09. The van der Waals surface area contributed by atoms with E-state index in [4.69, 9.17) is 16.7 Å². The molecule has 1 unspecified atom stereocenters. The number of hydrogen-bond donors (Lipinski definition) is 1. The van der Waals surface area contributed by atoms with E-state index in [1.165, 1.54) is 5.57 Å². The topological polar surface area (TPSA) is 46.9 Å². The number of benzene rings is 2. The van der Waals surface area contributed by atoms with Gasteiger partial charge in [0.1, 0.15) is 5.82 Å². The summed E-state index contributed by atoms with van der Waals surface area (Å²) in [7, 11) is 0. The van der Waals surface area contributed by atoms with Gasteiger partial charge < -0.3 is 5.32 Å². The van der Waals surface area contributed by atoms with Gasteiger partial charge in [0.2, 0.25) is 0 Å². The number of carbonyl (C=O) groups is 1. The third kappa shape index (κ3) is 3.86. The molecular formula is C30H28ClN3O. The van der Waals surface area contributed by atoms with Crippen molar-refractivity contribution in [2.24, 2.45) is 5.41 Å². The zero-order chi connectivity index (χ0) is 24.2. The number of rotatable bonds is 3. The van der Waals surface area contributed by atoms with Gasteiger partial charge in [0.15, 0.2) is 5.78 Å². The van der Waals surface area contributed by atoms with Crippen molar-refractivity contribution < 1.29 is 4.79 Å². The number of Topliss-reactive ketones (excluding diaryl/α,β-unsaturated/α-hetero) is 1. The molecule has 1 atom stereocenters. The fraction of sp³-hybridized carbons (Fsp3) is 0.267. The lowest BCUT2D eigenvalue weighted by molar-refractivity contribution is -0.118. The van der Waals surface area contributed by atoms with Gasteiger partial charge in [-0.25, -0.2) is 4.68 Å². The smallest absolute Gasteiger partial charge is 0.162 e. The first-order valence-electron chi connectivity index (χ1n) is 12.2. The van der Waals surface area contributed by atoms with Crippen LogP contribution in [-0.2, 0) is 4.79 Å². The third-order valence-electron chi connectivity index (χ3n) is 7.21. The minimum Gasteiger partial charge on any atom is -0.343 e. The molecule has 2 aromatic carbocycles.